The van der Waals surface area contributed by atoms with Gasteiger partial charge in [0.2, 0.25) is 0 Å². The Bertz CT molecular complexity index is 392. The molecule has 0 aliphatic heterocycles. The molecule has 0 atom stereocenters. The summed E-state index contributed by atoms with van der Waals surface area (Å²) in [5.74, 6) is -0.229. The maximum absolute atomic E-state index is 12.4. The van der Waals surface area contributed by atoms with Gasteiger partial charge in [-0.2, -0.15) is 0 Å². The summed E-state index contributed by atoms with van der Waals surface area (Å²) in [5, 5.41) is 0. The fourth-order valence-electron chi connectivity index (χ4n) is 2.42. The Hall–Kier alpha value is -0.340. The molecule has 0 N–H and O–H groups in total. The minimum Gasteiger partial charge on any atom is -0.382 e. The summed E-state index contributed by atoms with van der Waals surface area (Å²) in [6.45, 7) is 11.3. The van der Waals surface area contributed by atoms with E-state index in [0.717, 1.165) is 12.3 Å². The van der Waals surface area contributed by atoms with Crippen LogP contribution in [0.5, 0.6) is 0 Å². The summed E-state index contributed by atoms with van der Waals surface area (Å²) >= 11 is 0. The Labute approximate surface area is 176 Å². The van der Waals surface area contributed by atoms with Gasteiger partial charge in [-0.3, -0.25) is 0 Å². The molecule has 0 aliphatic rings. The van der Waals surface area contributed by atoms with E-state index in [4.69, 9.17) is 32.9 Å². The molecule has 0 bridgehead atoms. The van der Waals surface area contributed by atoms with Gasteiger partial charge in [-0.1, -0.05) is 0 Å². The fraction of sp³-hybridized carbons (Fsp3) is 0.950. The summed E-state index contributed by atoms with van der Waals surface area (Å²) in [6.07, 6.45) is 1.70. The Morgan fingerprint density at radius 2 is 1.10 bits per heavy atom. The van der Waals surface area contributed by atoms with Crippen molar-refractivity contribution in [2.45, 2.75) is 20.3 Å². The van der Waals surface area contributed by atoms with Crippen LogP contribution in [-0.4, -0.2) is 111 Å². The average Bonchev–Trinajstić information content (AvgIpc) is 2.66. The molecule has 0 unspecified atom stereocenters. The van der Waals surface area contributed by atoms with Crippen LogP contribution in [0, 0.1) is 0 Å². The molecule has 0 aromatic heterocycles. The number of hydrogen-bond acceptors (Lipinski definition) is 8. The summed E-state index contributed by atoms with van der Waals surface area (Å²) in [4.78, 5) is 12.4. The van der Waals surface area contributed by atoms with Crippen molar-refractivity contribution in [3.63, 3.8) is 0 Å². The van der Waals surface area contributed by atoms with Crippen LogP contribution in [0.1, 0.15) is 20.3 Å². The van der Waals surface area contributed by atoms with Crippen LogP contribution in [0.2, 0.25) is 0 Å². The second-order valence-corrected chi connectivity index (χ2v) is 13.6. The third-order valence-corrected chi connectivity index (χ3v) is 8.29. The number of methoxy groups -OCH3 is 1. The van der Waals surface area contributed by atoms with Crippen molar-refractivity contribution in [1.29, 1.82) is 0 Å². The molecular weight excluding hydrogens is 399 g/mol. The molecule has 29 heavy (non-hydrogen) atoms. The van der Waals surface area contributed by atoms with E-state index in [0.29, 0.717) is 72.7 Å². The Morgan fingerprint density at radius 1 is 0.655 bits per heavy atom. The third-order valence-electron chi connectivity index (χ3n) is 4.31. The Kier molecular flexibility index (Phi) is 17.1. The molecule has 0 amide bonds. The van der Waals surface area contributed by atoms with E-state index in [9.17, 15) is 4.79 Å². The van der Waals surface area contributed by atoms with Gasteiger partial charge in [-0.05, 0) is 0 Å². The molecule has 0 radical (unpaired) electrons. The zero-order chi connectivity index (χ0) is 21.9. The minimum absolute atomic E-state index is 0.225. The summed E-state index contributed by atoms with van der Waals surface area (Å²) < 4.78 is 38.1. The molecule has 0 saturated heterocycles. The standard InChI is InChI=1S/C20H43O8P/c1-6-23-16-18-29(4,5,19-17-24-7-2)28-20(21)8-9-25-12-13-27-15-14-26-11-10-22-3/h6-19H2,1-5H3. The first kappa shape index (κ1) is 28.7. The molecule has 8 nitrogen and oxygen atoms in total. The first-order chi connectivity index (χ1) is 13.9. The van der Waals surface area contributed by atoms with E-state index in [1.54, 1.807) is 7.11 Å². The smallest absolute Gasteiger partial charge is 0.382 e. The monoisotopic (exact) mass is 442 g/mol. The van der Waals surface area contributed by atoms with Gasteiger partial charge in [0.05, 0.1) is 6.61 Å². The van der Waals surface area contributed by atoms with Gasteiger partial charge in [-0.15, -0.1) is 0 Å². The first-order valence-corrected chi connectivity index (χ1v) is 13.9. The molecule has 0 spiro atoms. The van der Waals surface area contributed by atoms with E-state index in [2.05, 4.69) is 13.3 Å². The predicted octanol–water partition coefficient (Wildman–Crippen LogP) is 2.42. The van der Waals surface area contributed by atoms with Crippen LogP contribution < -0.4 is 0 Å². The van der Waals surface area contributed by atoms with Crippen LogP contribution in [0.25, 0.3) is 0 Å². The van der Waals surface area contributed by atoms with E-state index < -0.39 is 6.83 Å². The minimum atomic E-state index is -2.67. The second kappa shape index (κ2) is 17.4. The third kappa shape index (κ3) is 17.1. The topological polar surface area (TPSA) is 81.7 Å². The van der Waals surface area contributed by atoms with Crippen LogP contribution in [0.3, 0.4) is 0 Å². The molecule has 0 saturated carbocycles. The van der Waals surface area contributed by atoms with E-state index in [1.165, 1.54) is 0 Å². The number of hydrogen-bond donors (Lipinski definition) is 0. The maximum atomic E-state index is 12.4. The van der Waals surface area contributed by atoms with Gasteiger partial charge >= 0.3 is 158 Å². The average molecular weight is 443 g/mol. The molecule has 176 valence electrons. The molecule has 0 aliphatic carbocycles. The second-order valence-electron chi connectivity index (χ2n) is 7.44. The Morgan fingerprint density at radius 3 is 1.55 bits per heavy atom. The molecule has 0 aromatic rings. The van der Waals surface area contributed by atoms with Crippen LogP contribution in [0.4, 0.5) is 0 Å². The van der Waals surface area contributed by atoms with Crippen LogP contribution in [0.15, 0.2) is 0 Å². The number of carbonyl (C=O) groups is 1. The number of carbonyl (C=O) groups excluding carboxylic acids is 1. The Balaban J connectivity index is 4.03. The van der Waals surface area contributed by atoms with Gasteiger partial charge in [0.15, 0.2) is 0 Å². The van der Waals surface area contributed by atoms with Gasteiger partial charge in [0.25, 0.3) is 0 Å². The van der Waals surface area contributed by atoms with E-state index in [1.807, 2.05) is 13.8 Å². The first-order valence-electron chi connectivity index (χ1n) is 10.5. The van der Waals surface area contributed by atoms with Gasteiger partial charge < -0.3 is 4.74 Å². The SMILES string of the molecule is CCOCCP(C)(C)(CCOCC)OC(=O)CCOCCOCCOCCOC. The molecule has 0 aromatic carbocycles. The van der Waals surface area contributed by atoms with E-state index in [-0.39, 0.29) is 12.4 Å². The van der Waals surface area contributed by atoms with Crippen molar-refractivity contribution in [1.82, 2.24) is 0 Å². The van der Waals surface area contributed by atoms with Crippen molar-refractivity contribution in [3.8, 4) is 0 Å². The predicted molar refractivity (Wildman–Crippen MR) is 117 cm³/mol. The van der Waals surface area contributed by atoms with Gasteiger partial charge in [-0.25, -0.2) is 0 Å². The molecule has 0 heterocycles. The summed E-state index contributed by atoms with van der Waals surface area (Å²) in [5.41, 5.74) is 0. The zero-order valence-electron chi connectivity index (χ0n) is 19.1. The van der Waals surface area contributed by atoms with Crippen molar-refractivity contribution in [2.75, 3.05) is 105 Å². The molecular formula is C20H43O8P. The van der Waals surface area contributed by atoms with E-state index >= 15 is 0 Å². The normalized spacial score (nSPS) is 13.2. The molecule has 0 fully saturated rings. The van der Waals surface area contributed by atoms with Crippen LogP contribution >= 0.6 is 6.83 Å². The van der Waals surface area contributed by atoms with Crippen LogP contribution in [-0.2, 0) is 37.7 Å². The molecule has 9 heteroatoms. The van der Waals surface area contributed by atoms with Crippen molar-refractivity contribution in [3.05, 3.63) is 0 Å². The van der Waals surface area contributed by atoms with Crippen molar-refractivity contribution < 1.29 is 37.7 Å². The summed E-state index contributed by atoms with van der Waals surface area (Å²) in [7, 11) is 1.64. The number of rotatable bonds is 21. The zero-order valence-corrected chi connectivity index (χ0v) is 20.0. The van der Waals surface area contributed by atoms with Gasteiger partial charge in [0, 0.05) is 7.11 Å². The van der Waals surface area contributed by atoms with Crippen molar-refractivity contribution >= 4 is 12.8 Å². The number of ether oxygens (including phenoxy) is 6. The molecule has 0 rings (SSSR count). The quantitative estimate of drug-likeness (QED) is 0.198. The summed E-state index contributed by atoms with van der Waals surface area (Å²) in [6, 6.07) is 0. The van der Waals surface area contributed by atoms with Crippen molar-refractivity contribution in [2.24, 2.45) is 0 Å². The fourth-order valence-corrected chi connectivity index (χ4v) is 5.01. The van der Waals surface area contributed by atoms with Gasteiger partial charge in [0.1, 0.15) is 0 Å².